The molecule has 0 aromatic heterocycles. The second kappa shape index (κ2) is 18.5. The van der Waals surface area contributed by atoms with Gasteiger partial charge in [-0.1, -0.05) is 54.5 Å². The van der Waals surface area contributed by atoms with Gasteiger partial charge in [0.25, 0.3) is 0 Å². The molecule has 268 valence electrons. The van der Waals surface area contributed by atoms with E-state index in [1.165, 1.54) is 0 Å². The molecule has 2 rings (SSSR count). The third-order valence-corrected chi connectivity index (χ3v) is 9.10. The molecule has 1 unspecified atom stereocenters. The number of primary amides is 1. The average Bonchev–Trinajstić information content (AvgIpc) is 3.41. The number of ether oxygens (including phenoxy) is 5. The van der Waals surface area contributed by atoms with Crippen LogP contribution in [0.15, 0.2) is 18.2 Å². The maximum atomic E-state index is 13.5. The van der Waals surface area contributed by atoms with E-state index >= 15 is 0 Å². The Bertz CT molecular complexity index is 1150. The van der Waals surface area contributed by atoms with E-state index in [0.29, 0.717) is 37.4 Å². The van der Waals surface area contributed by atoms with Gasteiger partial charge in [0.05, 0.1) is 31.3 Å². The van der Waals surface area contributed by atoms with Crippen molar-refractivity contribution in [1.82, 2.24) is 10.2 Å². The lowest BCUT2D eigenvalue weighted by Crippen LogP contribution is -2.47. The third kappa shape index (κ3) is 11.9. The molecule has 0 bridgehead atoms. The van der Waals surface area contributed by atoms with E-state index in [1.807, 2.05) is 52.8 Å². The van der Waals surface area contributed by atoms with Crippen molar-refractivity contribution in [2.75, 3.05) is 34.1 Å². The Kier molecular flexibility index (Phi) is 15.8. The van der Waals surface area contributed by atoms with Crippen molar-refractivity contribution in [3.63, 3.8) is 0 Å². The van der Waals surface area contributed by atoms with Crippen LogP contribution >= 0.6 is 0 Å². The van der Waals surface area contributed by atoms with E-state index in [2.05, 4.69) is 19.2 Å². The predicted molar refractivity (Wildman–Crippen MR) is 182 cm³/mol. The molecular weight excluding hydrogens is 602 g/mol. The summed E-state index contributed by atoms with van der Waals surface area (Å²) in [6.45, 7) is 18.3. The molecule has 0 saturated carbocycles. The molecule has 11 nitrogen and oxygen atoms in total. The van der Waals surface area contributed by atoms with Gasteiger partial charge in [-0.3, -0.25) is 14.5 Å². The monoisotopic (exact) mass is 663 g/mol. The minimum Gasteiger partial charge on any atom is -0.493 e. The molecule has 1 fully saturated rings. The van der Waals surface area contributed by atoms with Gasteiger partial charge in [-0.2, -0.15) is 0 Å². The Labute approximate surface area is 282 Å². The average molecular weight is 664 g/mol. The van der Waals surface area contributed by atoms with Crippen LogP contribution in [0.25, 0.3) is 0 Å². The largest absolute Gasteiger partial charge is 0.493 e. The molecule has 47 heavy (non-hydrogen) atoms. The van der Waals surface area contributed by atoms with Crippen molar-refractivity contribution in [1.29, 1.82) is 0 Å². The Balaban J connectivity index is 2.37. The molecule has 3 amide bonds. The van der Waals surface area contributed by atoms with Gasteiger partial charge in [-0.15, -0.1) is 0 Å². The van der Waals surface area contributed by atoms with Crippen LogP contribution in [0.4, 0.5) is 4.79 Å². The number of carbonyl (C=O) groups excluding carboxylic acids is 3. The molecule has 11 heteroatoms. The zero-order valence-electron chi connectivity index (χ0n) is 30.6. The summed E-state index contributed by atoms with van der Waals surface area (Å²) in [5.74, 6) is 0.836. The number of benzene rings is 1. The van der Waals surface area contributed by atoms with Crippen molar-refractivity contribution in [2.24, 2.45) is 40.7 Å². The minimum atomic E-state index is -0.877. The maximum absolute atomic E-state index is 13.5. The number of amides is 3. The fourth-order valence-electron chi connectivity index (χ4n) is 5.64. The second-order valence-electron chi connectivity index (χ2n) is 14.5. The van der Waals surface area contributed by atoms with Gasteiger partial charge in [-0.05, 0) is 74.5 Å². The van der Waals surface area contributed by atoms with E-state index in [-0.39, 0.29) is 55.0 Å². The minimum absolute atomic E-state index is 0.00412. The SMILES string of the molecule is CCC(OC)Oc1cc(C[C@@H](C[C@H]2[C@H](C[C@H](C(=O)NCC(C)(C)C(N)=O)C(C)C)OCN2C(=O)OCC(C)C)C(C)C)ccc1OC. The molecule has 5 atom stereocenters. The van der Waals surface area contributed by atoms with Crippen molar-refractivity contribution in [3.8, 4) is 11.5 Å². The number of nitrogens with one attached hydrogen (secondary N) is 1. The summed E-state index contributed by atoms with van der Waals surface area (Å²) >= 11 is 0. The van der Waals surface area contributed by atoms with Crippen molar-refractivity contribution >= 4 is 17.9 Å². The fourth-order valence-corrected chi connectivity index (χ4v) is 5.64. The van der Waals surface area contributed by atoms with Gasteiger partial charge >= 0.3 is 6.09 Å². The zero-order valence-corrected chi connectivity index (χ0v) is 30.6. The summed E-state index contributed by atoms with van der Waals surface area (Å²) in [6.07, 6.45) is 1.30. The van der Waals surface area contributed by atoms with Crippen LogP contribution in [0.5, 0.6) is 11.5 Å². The highest BCUT2D eigenvalue weighted by Gasteiger charge is 2.43. The summed E-state index contributed by atoms with van der Waals surface area (Å²) in [5.41, 5.74) is 5.73. The van der Waals surface area contributed by atoms with Crippen LogP contribution in [0, 0.1) is 35.0 Å². The predicted octanol–water partition coefficient (Wildman–Crippen LogP) is 5.77. The molecule has 1 aromatic carbocycles. The van der Waals surface area contributed by atoms with Crippen LogP contribution in [0.1, 0.15) is 87.1 Å². The van der Waals surface area contributed by atoms with Crippen molar-refractivity contribution in [2.45, 2.75) is 106 Å². The first-order valence-corrected chi connectivity index (χ1v) is 17.0. The number of nitrogens with zero attached hydrogens (tertiary/aromatic N) is 1. The quantitative estimate of drug-likeness (QED) is 0.178. The number of nitrogens with two attached hydrogens (primary N) is 1. The molecular formula is C36H61N3O8. The van der Waals surface area contributed by atoms with Gasteiger partial charge in [0.2, 0.25) is 11.8 Å². The molecule has 3 N–H and O–H groups in total. The van der Waals surface area contributed by atoms with E-state index in [1.54, 1.807) is 33.0 Å². The topological polar surface area (TPSA) is 139 Å². The lowest BCUT2D eigenvalue weighted by molar-refractivity contribution is -0.130. The Morgan fingerprint density at radius 3 is 2.26 bits per heavy atom. The highest BCUT2D eigenvalue weighted by atomic mass is 16.7. The summed E-state index contributed by atoms with van der Waals surface area (Å²) in [5, 5.41) is 2.94. The Morgan fingerprint density at radius 2 is 1.72 bits per heavy atom. The van der Waals surface area contributed by atoms with Gasteiger partial charge in [0, 0.05) is 26.0 Å². The first-order valence-electron chi connectivity index (χ1n) is 17.0. The zero-order chi connectivity index (χ0) is 35.5. The Hall–Kier alpha value is -3.05. The normalized spacial score (nSPS) is 18.7. The number of hydrogen-bond donors (Lipinski definition) is 2. The molecule has 1 aromatic rings. The standard InChI is InChI=1S/C36H61N3O8/c1-12-32(44-11)47-31-16-25(13-14-29(31)43-10)15-26(23(4)5)17-28-30(46-21-39(28)35(42)45-19-22(2)3)18-27(24(6)7)33(40)38-20-36(8,9)34(37)41/h13-14,16,22-24,26-28,30,32H,12,15,17-21H2,1-11H3,(H2,37,41)(H,38,40)/t26-,27-,28-,30-,32?/m0/s1. The summed E-state index contributed by atoms with van der Waals surface area (Å²) in [7, 11) is 3.23. The molecule has 1 aliphatic heterocycles. The molecule has 0 radical (unpaired) electrons. The van der Waals surface area contributed by atoms with Gasteiger partial charge < -0.3 is 34.7 Å². The highest BCUT2D eigenvalue weighted by Crippen LogP contribution is 2.36. The van der Waals surface area contributed by atoms with E-state index in [0.717, 1.165) is 12.0 Å². The molecule has 0 aliphatic carbocycles. The summed E-state index contributed by atoms with van der Waals surface area (Å²) in [6, 6.07) is 5.65. The lowest BCUT2D eigenvalue weighted by Gasteiger charge is -2.33. The molecule has 1 aliphatic rings. The summed E-state index contributed by atoms with van der Waals surface area (Å²) < 4.78 is 29.1. The fraction of sp³-hybridized carbons (Fsp3) is 0.750. The first-order chi connectivity index (χ1) is 22.0. The maximum Gasteiger partial charge on any atom is 0.411 e. The van der Waals surface area contributed by atoms with Gasteiger partial charge in [-0.25, -0.2) is 4.79 Å². The van der Waals surface area contributed by atoms with Crippen molar-refractivity contribution < 1.29 is 38.1 Å². The Morgan fingerprint density at radius 1 is 1.04 bits per heavy atom. The molecule has 1 heterocycles. The van der Waals surface area contributed by atoms with Crippen LogP contribution in [-0.2, 0) is 30.2 Å². The van der Waals surface area contributed by atoms with Crippen LogP contribution in [0.2, 0.25) is 0 Å². The van der Waals surface area contributed by atoms with Gasteiger partial charge in [0.1, 0.15) is 6.73 Å². The van der Waals surface area contributed by atoms with Crippen LogP contribution in [0.3, 0.4) is 0 Å². The van der Waals surface area contributed by atoms with Crippen LogP contribution < -0.4 is 20.5 Å². The number of methoxy groups -OCH3 is 2. The van der Waals surface area contributed by atoms with Gasteiger partial charge in [0.15, 0.2) is 17.8 Å². The number of carbonyl (C=O) groups is 3. The molecule has 0 spiro atoms. The smallest absolute Gasteiger partial charge is 0.411 e. The third-order valence-electron chi connectivity index (χ3n) is 9.10. The van der Waals surface area contributed by atoms with E-state index < -0.39 is 29.6 Å². The lowest BCUT2D eigenvalue weighted by atomic mass is 9.80. The number of hydrogen-bond acceptors (Lipinski definition) is 8. The first kappa shape index (κ1) is 40.1. The van der Waals surface area contributed by atoms with E-state index in [9.17, 15) is 14.4 Å². The van der Waals surface area contributed by atoms with E-state index in [4.69, 9.17) is 29.4 Å². The van der Waals surface area contributed by atoms with Crippen LogP contribution in [-0.4, -0.2) is 75.3 Å². The second-order valence-corrected chi connectivity index (χ2v) is 14.5. The number of rotatable bonds is 19. The van der Waals surface area contributed by atoms with Crippen molar-refractivity contribution in [3.05, 3.63) is 23.8 Å². The molecule has 1 saturated heterocycles. The summed E-state index contributed by atoms with van der Waals surface area (Å²) in [4.78, 5) is 40.4. The highest BCUT2D eigenvalue weighted by molar-refractivity contribution is 5.83.